The summed E-state index contributed by atoms with van der Waals surface area (Å²) in [6.07, 6.45) is 49.5. The van der Waals surface area contributed by atoms with Gasteiger partial charge in [0.05, 0.1) is 25.2 Å². The third-order valence-corrected chi connectivity index (χ3v) is 11.3. The van der Waals surface area contributed by atoms with Gasteiger partial charge in [0.15, 0.2) is 0 Å². The van der Waals surface area contributed by atoms with Gasteiger partial charge in [0.2, 0.25) is 5.91 Å². The van der Waals surface area contributed by atoms with Crippen LogP contribution in [0.3, 0.4) is 0 Å². The number of carbonyl (C=O) groups is 2. The molecule has 0 heterocycles. The number of unbranched alkanes of at least 4 members (excludes halogenated alkanes) is 29. The topological polar surface area (TPSA) is 95.9 Å². The van der Waals surface area contributed by atoms with E-state index >= 15 is 0 Å². The second-order valence-electron chi connectivity index (χ2n) is 16.9. The average molecular weight is 790 g/mol. The second-order valence-corrected chi connectivity index (χ2v) is 16.9. The van der Waals surface area contributed by atoms with Crippen LogP contribution in [-0.2, 0) is 14.3 Å². The normalized spacial score (nSPS) is 13.4. The Kier molecular flexibility index (Phi) is 43.1. The maximum absolute atomic E-state index is 13.1. The predicted octanol–water partition coefficient (Wildman–Crippen LogP) is 14.3. The highest BCUT2D eigenvalue weighted by Crippen LogP contribution is 2.18. The minimum absolute atomic E-state index is 0.0717. The number of rotatable bonds is 44. The smallest absolute Gasteiger partial charge is 0.306 e. The summed E-state index contributed by atoms with van der Waals surface area (Å²) < 4.78 is 5.90. The summed E-state index contributed by atoms with van der Waals surface area (Å²) in [5.41, 5.74) is 0. The molecule has 6 heteroatoms. The molecule has 0 aromatic rings. The first kappa shape index (κ1) is 54.3. The molecule has 0 aliphatic rings. The molecule has 6 nitrogen and oxygen atoms in total. The van der Waals surface area contributed by atoms with Gasteiger partial charge in [-0.1, -0.05) is 218 Å². The Bertz CT molecular complexity index is 889. The van der Waals surface area contributed by atoms with E-state index in [0.29, 0.717) is 19.3 Å². The maximum Gasteiger partial charge on any atom is 0.306 e. The van der Waals surface area contributed by atoms with Crippen molar-refractivity contribution in [3.05, 3.63) is 24.3 Å². The zero-order valence-electron chi connectivity index (χ0n) is 37.5. The largest absolute Gasteiger partial charge is 0.462 e. The summed E-state index contributed by atoms with van der Waals surface area (Å²) in [6.45, 7) is 6.46. The number of hydrogen-bond acceptors (Lipinski definition) is 5. The Morgan fingerprint density at radius 3 is 1.32 bits per heavy atom. The van der Waals surface area contributed by atoms with Crippen molar-refractivity contribution in [2.45, 2.75) is 277 Å². The van der Waals surface area contributed by atoms with Crippen LogP contribution in [0.25, 0.3) is 0 Å². The molecule has 0 aromatic carbocycles. The number of allylic oxidation sites excluding steroid dienone is 4. The quantitative estimate of drug-likeness (QED) is 0.0324. The van der Waals surface area contributed by atoms with Crippen LogP contribution < -0.4 is 5.32 Å². The van der Waals surface area contributed by atoms with E-state index in [-0.39, 0.29) is 24.9 Å². The molecule has 0 aromatic heterocycles. The number of hydrogen-bond donors (Lipinski definition) is 3. The lowest BCUT2D eigenvalue weighted by Crippen LogP contribution is -2.46. The summed E-state index contributed by atoms with van der Waals surface area (Å²) in [4.78, 5) is 26.0. The van der Waals surface area contributed by atoms with Gasteiger partial charge in [0.25, 0.3) is 0 Å². The Morgan fingerprint density at radius 1 is 0.518 bits per heavy atom. The second kappa shape index (κ2) is 44.4. The highest BCUT2D eigenvalue weighted by molar-refractivity contribution is 5.77. The molecule has 0 saturated heterocycles. The molecule has 0 bridgehead atoms. The summed E-state index contributed by atoms with van der Waals surface area (Å²) in [7, 11) is 0. The minimum atomic E-state index is -0.786. The fraction of sp³-hybridized carbons (Fsp3) is 0.880. The summed E-state index contributed by atoms with van der Waals surface area (Å²) in [6, 6.07) is -0.700. The third-order valence-electron chi connectivity index (χ3n) is 11.3. The van der Waals surface area contributed by atoms with E-state index in [1.807, 2.05) is 0 Å². The van der Waals surface area contributed by atoms with E-state index in [1.54, 1.807) is 0 Å². The molecule has 56 heavy (non-hydrogen) atoms. The minimum Gasteiger partial charge on any atom is -0.462 e. The molecule has 0 aliphatic heterocycles. The molecule has 3 N–H and O–H groups in total. The number of nitrogens with one attached hydrogen (secondary N) is 1. The number of ether oxygens (including phenoxy) is 1. The monoisotopic (exact) mass is 790 g/mol. The molecule has 0 rings (SSSR count). The molecule has 0 fully saturated rings. The van der Waals surface area contributed by atoms with Crippen LogP contribution in [0.5, 0.6) is 0 Å². The summed E-state index contributed by atoms with van der Waals surface area (Å²) in [5.74, 6) is -0.496. The van der Waals surface area contributed by atoms with Crippen LogP contribution in [0, 0.1) is 0 Å². The van der Waals surface area contributed by atoms with Gasteiger partial charge < -0.3 is 20.3 Å². The van der Waals surface area contributed by atoms with E-state index < -0.39 is 18.2 Å². The molecule has 0 saturated carbocycles. The van der Waals surface area contributed by atoms with Gasteiger partial charge in [-0.25, -0.2) is 0 Å². The Morgan fingerprint density at radius 2 is 0.893 bits per heavy atom. The van der Waals surface area contributed by atoms with Crippen LogP contribution >= 0.6 is 0 Å². The highest BCUT2D eigenvalue weighted by atomic mass is 16.5. The molecule has 1 amide bonds. The van der Waals surface area contributed by atoms with Gasteiger partial charge in [-0.15, -0.1) is 0 Å². The van der Waals surface area contributed by atoms with Crippen molar-refractivity contribution in [1.82, 2.24) is 5.32 Å². The van der Waals surface area contributed by atoms with E-state index in [0.717, 1.165) is 64.2 Å². The van der Waals surface area contributed by atoms with Crippen LogP contribution in [0.1, 0.15) is 258 Å². The van der Waals surface area contributed by atoms with Gasteiger partial charge in [-0.3, -0.25) is 9.59 Å². The fourth-order valence-corrected chi connectivity index (χ4v) is 7.54. The van der Waals surface area contributed by atoms with E-state index in [1.165, 1.54) is 148 Å². The molecular formula is C50H95NO5. The molecular weight excluding hydrogens is 695 g/mol. The van der Waals surface area contributed by atoms with E-state index in [9.17, 15) is 19.8 Å². The molecule has 0 spiro atoms. The first-order valence-corrected chi connectivity index (χ1v) is 24.6. The van der Waals surface area contributed by atoms with Gasteiger partial charge in [-0.2, -0.15) is 0 Å². The molecule has 0 aliphatic carbocycles. The van der Waals surface area contributed by atoms with Gasteiger partial charge >= 0.3 is 5.97 Å². The zero-order chi connectivity index (χ0) is 41.0. The summed E-state index contributed by atoms with van der Waals surface area (Å²) >= 11 is 0. The first-order chi connectivity index (χ1) is 27.5. The third kappa shape index (κ3) is 39.2. The first-order valence-electron chi connectivity index (χ1n) is 24.6. The van der Waals surface area contributed by atoms with E-state index in [4.69, 9.17) is 4.74 Å². The Labute approximate surface area is 348 Å². The van der Waals surface area contributed by atoms with Crippen molar-refractivity contribution >= 4 is 11.9 Å². The van der Waals surface area contributed by atoms with Crippen molar-refractivity contribution in [3.63, 3.8) is 0 Å². The van der Waals surface area contributed by atoms with Crippen molar-refractivity contribution < 1.29 is 24.5 Å². The van der Waals surface area contributed by atoms with Crippen LogP contribution in [-0.4, -0.2) is 46.9 Å². The average Bonchev–Trinajstić information content (AvgIpc) is 3.19. The van der Waals surface area contributed by atoms with Gasteiger partial charge in [0, 0.05) is 6.42 Å². The van der Waals surface area contributed by atoms with Crippen molar-refractivity contribution in [2.24, 2.45) is 0 Å². The van der Waals surface area contributed by atoms with Crippen molar-refractivity contribution in [1.29, 1.82) is 0 Å². The molecule has 3 atom stereocenters. The molecule has 330 valence electrons. The fourth-order valence-electron chi connectivity index (χ4n) is 7.54. The lowest BCUT2D eigenvalue weighted by atomic mass is 10.0. The lowest BCUT2D eigenvalue weighted by Gasteiger charge is -2.24. The number of aliphatic hydroxyl groups is 2. The number of esters is 1. The number of amides is 1. The van der Waals surface area contributed by atoms with Crippen LogP contribution in [0.2, 0.25) is 0 Å². The highest BCUT2D eigenvalue weighted by Gasteiger charge is 2.24. The number of aliphatic hydroxyl groups excluding tert-OH is 2. The SMILES string of the molecule is CCCCCCCCC/C=C/C=C/CCCCCC(=O)OC(CCCCCCCCCCCCC)CC(=O)NC(CO)C(O)CCCCCCCCCCCC. The zero-order valence-corrected chi connectivity index (χ0v) is 37.5. The van der Waals surface area contributed by atoms with Gasteiger partial charge in [-0.05, 0) is 51.4 Å². The number of carbonyl (C=O) groups excluding carboxylic acids is 2. The Balaban J connectivity index is 4.57. The maximum atomic E-state index is 13.1. The van der Waals surface area contributed by atoms with E-state index in [2.05, 4.69) is 50.4 Å². The van der Waals surface area contributed by atoms with Crippen molar-refractivity contribution in [2.75, 3.05) is 6.61 Å². The lowest BCUT2D eigenvalue weighted by molar-refractivity contribution is -0.151. The summed E-state index contributed by atoms with van der Waals surface area (Å²) in [5, 5.41) is 23.6. The standard InChI is InChI=1S/C50H95NO5/c1-4-7-10-13-16-19-22-23-24-25-26-28-31-34-37-40-43-50(55)56-46(41-38-35-32-29-27-20-17-14-11-8-5-2)44-49(54)51-47(45-52)48(53)42-39-36-33-30-21-18-15-12-9-6-3/h24-26,28,46-48,52-53H,4-23,27,29-45H2,1-3H3,(H,51,54)/b25-24+,28-26+. The predicted molar refractivity (Wildman–Crippen MR) is 241 cm³/mol. The molecule has 3 unspecified atom stereocenters. The van der Waals surface area contributed by atoms with Crippen LogP contribution in [0.15, 0.2) is 24.3 Å². The Hall–Kier alpha value is -1.66. The molecule has 0 radical (unpaired) electrons. The van der Waals surface area contributed by atoms with Crippen molar-refractivity contribution in [3.8, 4) is 0 Å². The van der Waals surface area contributed by atoms with Crippen LogP contribution in [0.4, 0.5) is 0 Å². The van der Waals surface area contributed by atoms with Gasteiger partial charge in [0.1, 0.15) is 6.10 Å².